The van der Waals surface area contributed by atoms with Crippen molar-refractivity contribution >= 4 is 11.9 Å². The summed E-state index contributed by atoms with van der Waals surface area (Å²) in [5.74, 6) is -7.12. The number of nitrogens with zero attached hydrogens (tertiary/aromatic N) is 1. The first-order valence-corrected chi connectivity index (χ1v) is 5.83. The Kier molecular flexibility index (Phi) is 4.42. The second-order valence-electron chi connectivity index (χ2n) is 4.64. The van der Waals surface area contributed by atoms with Crippen molar-refractivity contribution in [1.29, 1.82) is 0 Å². The van der Waals surface area contributed by atoms with Gasteiger partial charge in [-0.05, 0) is 32.9 Å². The van der Waals surface area contributed by atoms with Gasteiger partial charge in [0.05, 0.1) is 5.56 Å². The molecule has 0 aliphatic heterocycles. The van der Waals surface area contributed by atoms with Crippen LogP contribution in [0.25, 0.3) is 0 Å². The lowest BCUT2D eigenvalue weighted by atomic mass is 10.0. The van der Waals surface area contributed by atoms with Crippen molar-refractivity contribution < 1.29 is 27.9 Å². The summed E-state index contributed by atoms with van der Waals surface area (Å²) < 4.78 is 39.6. The van der Waals surface area contributed by atoms with Crippen LogP contribution in [0.4, 0.5) is 13.2 Å². The molecule has 0 atom stereocenters. The van der Waals surface area contributed by atoms with Crippen LogP contribution < -0.4 is 0 Å². The number of carboxylic acid groups (broad SMARTS) is 1. The highest BCUT2D eigenvalue weighted by Crippen LogP contribution is 2.22. The summed E-state index contributed by atoms with van der Waals surface area (Å²) in [6.45, 7) is 3.99. The van der Waals surface area contributed by atoms with E-state index in [4.69, 9.17) is 5.11 Å². The molecule has 0 saturated carbocycles. The first-order chi connectivity index (χ1) is 9.14. The molecule has 1 aromatic rings. The van der Waals surface area contributed by atoms with E-state index in [2.05, 4.69) is 0 Å². The van der Waals surface area contributed by atoms with Gasteiger partial charge in [0.1, 0.15) is 5.54 Å². The fourth-order valence-electron chi connectivity index (χ4n) is 1.74. The van der Waals surface area contributed by atoms with Crippen LogP contribution >= 0.6 is 0 Å². The predicted molar refractivity (Wildman–Crippen MR) is 64.7 cm³/mol. The number of hydrogen-bond acceptors (Lipinski definition) is 2. The van der Waals surface area contributed by atoms with E-state index in [9.17, 15) is 22.8 Å². The second kappa shape index (κ2) is 5.52. The van der Waals surface area contributed by atoms with Crippen LogP contribution in [0.5, 0.6) is 0 Å². The molecule has 1 aromatic carbocycles. The molecular formula is C13H14F3NO3. The highest BCUT2D eigenvalue weighted by molar-refractivity contribution is 5.97. The quantitative estimate of drug-likeness (QED) is 0.866. The van der Waals surface area contributed by atoms with E-state index in [-0.39, 0.29) is 6.54 Å². The molecule has 0 heterocycles. The molecule has 1 N–H and O–H groups in total. The molecular weight excluding hydrogens is 275 g/mol. The normalized spacial score (nSPS) is 11.3. The van der Waals surface area contributed by atoms with Crippen LogP contribution in [0, 0.1) is 17.5 Å². The van der Waals surface area contributed by atoms with Gasteiger partial charge >= 0.3 is 5.97 Å². The Morgan fingerprint density at radius 2 is 1.75 bits per heavy atom. The zero-order valence-electron chi connectivity index (χ0n) is 11.2. The molecule has 0 radical (unpaired) electrons. The molecule has 0 fully saturated rings. The van der Waals surface area contributed by atoms with Crippen molar-refractivity contribution in [3.63, 3.8) is 0 Å². The Balaban J connectivity index is 3.30. The number of halogens is 3. The minimum atomic E-state index is -1.76. The summed E-state index contributed by atoms with van der Waals surface area (Å²) in [6.07, 6.45) is 0. The fourth-order valence-corrected chi connectivity index (χ4v) is 1.74. The molecule has 0 unspecified atom stereocenters. The Hall–Kier alpha value is -2.05. The van der Waals surface area contributed by atoms with E-state index < -0.39 is 40.4 Å². The van der Waals surface area contributed by atoms with Crippen LogP contribution in [0.15, 0.2) is 12.1 Å². The van der Waals surface area contributed by atoms with Gasteiger partial charge in [-0.25, -0.2) is 18.0 Å². The molecule has 1 rings (SSSR count). The van der Waals surface area contributed by atoms with Gasteiger partial charge in [-0.3, -0.25) is 4.79 Å². The van der Waals surface area contributed by atoms with Crippen LogP contribution in [0.3, 0.4) is 0 Å². The lowest BCUT2D eigenvalue weighted by molar-refractivity contribution is -0.147. The van der Waals surface area contributed by atoms with Gasteiger partial charge in [-0.15, -0.1) is 0 Å². The number of rotatable bonds is 4. The first kappa shape index (κ1) is 16.0. The highest BCUT2D eigenvalue weighted by atomic mass is 19.2. The summed E-state index contributed by atoms with van der Waals surface area (Å²) in [4.78, 5) is 24.2. The largest absolute Gasteiger partial charge is 0.480 e. The molecule has 7 heteroatoms. The van der Waals surface area contributed by atoms with Gasteiger partial charge in [-0.2, -0.15) is 0 Å². The van der Waals surface area contributed by atoms with Gasteiger partial charge in [0.15, 0.2) is 17.5 Å². The van der Waals surface area contributed by atoms with Crippen molar-refractivity contribution in [2.45, 2.75) is 26.3 Å². The Bertz CT molecular complexity index is 558. The van der Waals surface area contributed by atoms with E-state index in [1.54, 1.807) is 0 Å². The molecule has 0 saturated heterocycles. The van der Waals surface area contributed by atoms with Crippen LogP contribution in [0.2, 0.25) is 0 Å². The average Bonchev–Trinajstić information content (AvgIpc) is 2.36. The third-order valence-electron chi connectivity index (χ3n) is 3.03. The minimum absolute atomic E-state index is 0.0312. The zero-order valence-corrected chi connectivity index (χ0v) is 11.2. The third kappa shape index (κ3) is 2.61. The maximum atomic E-state index is 13.6. The molecule has 0 aliphatic rings. The summed E-state index contributed by atoms with van der Waals surface area (Å²) in [7, 11) is 0. The van der Waals surface area contributed by atoms with E-state index in [1.165, 1.54) is 20.8 Å². The van der Waals surface area contributed by atoms with Crippen molar-refractivity contribution in [3.05, 3.63) is 35.1 Å². The van der Waals surface area contributed by atoms with Crippen molar-refractivity contribution in [2.24, 2.45) is 0 Å². The Morgan fingerprint density at radius 1 is 1.20 bits per heavy atom. The molecule has 0 bridgehead atoms. The number of benzene rings is 1. The van der Waals surface area contributed by atoms with Crippen LogP contribution in [-0.4, -0.2) is 34.0 Å². The van der Waals surface area contributed by atoms with Gasteiger partial charge in [0.2, 0.25) is 0 Å². The van der Waals surface area contributed by atoms with Crippen molar-refractivity contribution in [1.82, 2.24) is 4.90 Å². The molecule has 110 valence electrons. The summed E-state index contributed by atoms with van der Waals surface area (Å²) in [6, 6.07) is 1.41. The number of carbonyl (C=O) groups excluding carboxylic acids is 1. The Labute approximate surface area is 113 Å². The lowest BCUT2D eigenvalue weighted by Gasteiger charge is -2.34. The zero-order chi connectivity index (χ0) is 15.7. The van der Waals surface area contributed by atoms with E-state index in [0.29, 0.717) is 6.07 Å². The summed E-state index contributed by atoms with van der Waals surface area (Å²) in [5, 5.41) is 9.08. The van der Waals surface area contributed by atoms with Crippen molar-refractivity contribution in [2.75, 3.05) is 6.54 Å². The third-order valence-corrected chi connectivity index (χ3v) is 3.03. The van der Waals surface area contributed by atoms with E-state index >= 15 is 0 Å². The minimum Gasteiger partial charge on any atom is -0.480 e. The number of aliphatic carboxylic acids is 1. The van der Waals surface area contributed by atoms with Gasteiger partial charge < -0.3 is 10.0 Å². The maximum Gasteiger partial charge on any atom is 0.329 e. The average molecular weight is 289 g/mol. The number of carboxylic acids is 1. The van der Waals surface area contributed by atoms with E-state index in [1.807, 2.05) is 0 Å². The predicted octanol–water partition coefficient (Wildman–Crippen LogP) is 2.43. The lowest BCUT2D eigenvalue weighted by Crippen LogP contribution is -2.53. The number of carbonyl (C=O) groups is 2. The number of likely N-dealkylation sites (N-methyl/N-ethyl adjacent to an activating group) is 1. The van der Waals surface area contributed by atoms with Crippen LogP contribution in [-0.2, 0) is 4.79 Å². The SMILES string of the molecule is CCN(C(=O)c1ccc(F)c(F)c1F)C(C)(C)C(=O)O. The molecule has 4 nitrogen and oxygen atoms in total. The fraction of sp³-hybridized carbons (Fsp3) is 0.385. The second-order valence-corrected chi connectivity index (χ2v) is 4.64. The van der Waals surface area contributed by atoms with Gasteiger partial charge in [0, 0.05) is 6.54 Å². The topological polar surface area (TPSA) is 57.6 Å². The van der Waals surface area contributed by atoms with Gasteiger partial charge in [0.25, 0.3) is 5.91 Å². The Morgan fingerprint density at radius 3 is 2.20 bits per heavy atom. The smallest absolute Gasteiger partial charge is 0.329 e. The molecule has 1 amide bonds. The monoisotopic (exact) mass is 289 g/mol. The van der Waals surface area contributed by atoms with Crippen LogP contribution in [0.1, 0.15) is 31.1 Å². The summed E-state index contributed by atoms with van der Waals surface area (Å²) in [5.41, 5.74) is -2.32. The molecule has 0 aliphatic carbocycles. The van der Waals surface area contributed by atoms with Crippen molar-refractivity contribution in [3.8, 4) is 0 Å². The number of hydrogen-bond donors (Lipinski definition) is 1. The van der Waals surface area contributed by atoms with Gasteiger partial charge in [-0.1, -0.05) is 0 Å². The first-order valence-electron chi connectivity index (χ1n) is 5.83. The molecule has 0 aromatic heterocycles. The van der Waals surface area contributed by atoms with E-state index in [0.717, 1.165) is 11.0 Å². The summed E-state index contributed by atoms with van der Waals surface area (Å²) >= 11 is 0. The molecule has 20 heavy (non-hydrogen) atoms. The highest BCUT2D eigenvalue weighted by Gasteiger charge is 2.38. The molecule has 0 spiro atoms. The number of amides is 1. The maximum absolute atomic E-state index is 13.6. The standard InChI is InChI=1S/C13H14F3NO3/c1-4-17(13(2,3)12(19)20)11(18)7-5-6-8(14)10(16)9(7)15/h5-6H,4H2,1-3H3,(H,19,20).